The van der Waals surface area contributed by atoms with E-state index in [0.29, 0.717) is 11.1 Å². The zero-order valence-corrected chi connectivity index (χ0v) is 26.4. The van der Waals surface area contributed by atoms with E-state index >= 15 is 0 Å². The maximum absolute atomic E-state index is 14.2. The Balaban J connectivity index is 1.54. The first-order chi connectivity index (χ1) is 22.2. The van der Waals surface area contributed by atoms with Gasteiger partial charge >= 0.3 is 0 Å². The molecule has 0 saturated heterocycles. The van der Waals surface area contributed by atoms with Crippen molar-refractivity contribution in [3.8, 4) is 11.1 Å². The van der Waals surface area contributed by atoms with E-state index in [4.69, 9.17) is 0 Å². The molecule has 0 radical (unpaired) electrons. The molecule has 0 amide bonds. The van der Waals surface area contributed by atoms with E-state index in [2.05, 4.69) is 0 Å². The van der Waals surface area contributed by atoms with Crippen molar-refractivity contribution in [1.29, 1.82) is 0 Å². The fraction of sp³-hybridized carbons (Fsp3) is 0.108. The molecular weight excluding hydrogens is 617 g/mol. The number of nitrogens with zero attached hydrogens (tertiary/aromatic N) is 2. The Hall–Kier alpha value is -4.67. The fourth-order valence-electron chi connectivity index (χ4n) is 6.25. The molecule has 0 N–H and O–H groups in total. The number of rotatable bonds is 4. The van der Waals surface area contributed by atoms with Crippen LogP contribution >= 0.6 is 0 Å². The van der Waals surface area contributed by atoms with E-state index in [1.165, 1.54) is 32.9 Å². The highest BCUT2D eigenvalue weighted by Gasteiger charge is 2.33. The summed E-state index contributed by atoms with van der Waals surface area (Å²) in [6.45, 7) is -1.17. The average Bonchev–Trinajstić information content (AvgIpc) is 3.10. The quantitative estimate of drug-likeness (QED) is 0.215. The monoisotopic (exact) mass is 646 g/mol. The molecule has 0 bridgehead atoms. The Labute approximate surface area is 268 Å². The van der Waals surface area contributed by atoms with E-state index < -0.39 is 38.9 Å². The van der Waals surface area contributed by atoms with Crippen molar-refractivity contribution in [3.05, 3.63) is 145 Å². The first kappa shape index (κ1) is 30.0. The number of carbonyl (C=O) groups is 1. The van der Waals surface area contributed by atoms with Crippen molar-refractivity contribution in [2.45, 2.75) is 22.9 Å². The summed E-state index contributed by atoms with van der Waals surface area (Å²) in [6, 6.07) is 39.5. The second kappa shape index (κ2) is 11.9. The van der Waals surface area contributed by atoms with Crippen LogP contribution < -0.4 is 0 Å². The van der Waals surface area contributed by atoms with Gasteiger partial charge in [0.1, 0.15) is 0 Å². The SMILES string of the molecule is O=C1CN(S(=O)(=O)c2ccccc2)Cc2ccc3ccccc3c2-c2c(ccc3ccccc23)CN(S(=O)(=O)c2ccccc2)C1. The lowest BCUT2D eigenvalue weighted by molar-refractivity contribution is -0.119. The van der Waals surface area contributed by atoms with Gasteiger partial charge in [0.2, 0.25) is 20.0 Å². The maximum Gasteiger partial charge on any atom is 0.243 e. The summed E-state index contributed by atoms with van der Waals surface area (Å²) < 4.78 is 59.0. The summed E-state index contributed by atoms with van der Waals surface area (Å²) in [7, 11) is -8.30. The van der Waals surface area contributed by atoms with Gasteiger partial charge in [0.15, 0.2) is 5.78 Å². The van der Waals surface area contributed by atoms with Crippen molar-refractivity contribution in [2.75, 3.05) is 13.1 Å². The average molecular weight is 647 g/mol. The van der Waals surface area contributed by atoms with Gasteiger partial charge in [0.25, 0.3) is 0 Å². The highest BCUT2D eigenvalue weighted by molar-refractivity contribution is 7.89. The lowest BCUT2D eigenvalue weighted by atomic mass is 9.87. The molecule has 0 atom stereocenters. The summed E-state index contributed by atoms with van der Waals surface area (Å²) in [4.78, 5) is 13.9. The van der Waals surface area contributed by atoms with E-state index in [1.807, 2.05) is 72.8 Å². The summed E-state index contributed by atoms with van der Waals surface area (Å²) in [6.07, 6.45) is 0. The van der Waals surface area contributed by atoms with Crippen LogP contribution in [0.4, 0.5) is 0 Å². The van der Waals surface area contributed by atoms with Gasteiger partial charge in [-0.15, -0.1) is 0 Å². The smallest absolute Gasteiger partial charge is 0.243 e. The number of carbonyl (C=O) groups excluding carboxylic acids is 1. The molecule has 0 aromatic heterocycles. The van der Waals surface area contributed by atoms with Gasteiger partial charge in [0, 0.05) is 13.1 Å². The molecule has 0 spiro atoms. The zero-order chi connectivity index (χ0) is 31.9. The lowest BCUT2D eigenvalue weighted by Gasteiger charge is -2.24. The molecular formula is C37H30N2O5S2. The molecule has 1 heterocycles. The van der Waals surface area contributed by atoms with Crippen LogP contribution in [-0.2, 0) is 37.9 Å². The second-order valence-corrected chi connectivity index (χ2v) is 15.2. The minimum absolute atomic E-state index is 0.0552. The normalized spacial score (nSPS) is 15.3. The van der Waals surface area contributed by atoms with Gasteiger partial charge in [-0.05, 0) is 68.1 Å². The van der Waals surface area contributed by atoms with Crippen LogP contribution in [0.25, 0.3) is 32.7 Å². The van der Waals surface area contributed by atoms with Gasteiger partial charge in [-0.2, -0.15) is 8.61 Å². The number of hydrogen-bond donors (Lipinski definition) is 0. The Morgan fingerprint density at radius 3 is 1.20 bits per heavy atom. The second-order valence-electron chi connectivity index (χ2n) is 11.4. The molecule has 9 heteroatoms. The van der Waals surface area contributed by atoms with Crippen molar-refractivity contribution in [2.24, 2.45) is 0 Å². The first-order valence-corrected chi connectivity index (χ1v) is 17.8. The lowest BCUT2D eigenvalue weighted by Crippen LogP contribution is -2.41. The Morgan fingerprint density at radius 1 is 0.413 bits per heavy atom. The van der Waals surface area contributed by atoms with Gasteiger partial charge in [-0.25, -0.2) is 16.8 Å². The number of hydrogen-bond acceptors (Lipinski definition) is 5. The van der Waals surface area contributed by atoms with E-state index in [-0.39, 0.29) is 22.9 Å². The van der Waals surface area contributed by atoms with Crippen molar-refractivity contribution in [3.63, 3.8) is 0 Å². The molecule has 1 aliphatic heterocycles. The summed E-state index contributed by atoms with van der Waals surface area (Å²) in [5, 5.41) is 3.71. The first-order valence-electron chi connectivity index (χ1n) is 14.9. The van der Waals surface area contributed by atoms with Crippen LogP contribution in [0.2, 0.25) is 0 Å². The fourth-order valence-corrected chi connectivity index (χ4v) is 9.09. The standard InChI is InChI=1S/C37H30N2O5S2/c40-31-25-38(45(41,42)32-13-3-1-4-14-32)23-29-21-19-27-11-7-9-17-34(27)36(29)37-30(22-20-28-12-8-10-18-35(28)37)24-39(26-31)46(43,44)33-15-5-2-6-16-33/h1-22H,23-26H2. The van der Waals surface area contributed by atoms with Crippen LogP contribution in [0.5, 0.6) is 0 Å². The van der Waals surface area contributed by atoms with Crippen LogP contribution in [0.15, 0.2) is 143 Å². The van der Waals surface area contributed by atoms with E-state index in [9.17, 15) is 21.6 Å². The largest absolute Gasteiger partial charge is 0.297 e. The van der Waals surface area contributed by atoms with Crippen molar-refractivity contribution in [1.82, 2.24) is 8.61 Å². The molecule has 0 saturated carbocycles. The van der Waals surface area contributed by atoms with Crippen LogP contribution in [0.3, 0.4) is 0 Å². The molecule has 7 nitrogen and oxygen atoms in total. The van der Waals surface area contributed by atoms with E-state index in [0.717, 1.165) is 32.7 Å². The topological polar surface area (TPSA) is 91.8 Å². The molecule has 46 heavy (non-hydrogen) atoms. The molecule has 0 aliphatic carbocycles. The number of Topliss-reactive ketones (excluding diaryl/α,β-unsaturated/α-hetero) is 1. The predicted molar refractivity (Wildman–Crippen MR) is 180 cm³/mol. The van der Waals surface area contributed by atoms with Gasteiger partial charge in [0.05, 0.1) is 22.9 Å². The highest BCUT2D eigenvalue weighted by Crippen LogP contribution is 2.41. The van der Waals surface area contributed by atoms with Crippen molar-refractivity contribution >= 4 is 47.4 Å². The minimum Gasteiger partial charge on any atom is -0.297 e. The number of ketones is 1. The van der Waals surface area contributed by atoms with Gasteiger partial charge in [-0.1, -0.05) is 109 Å². The van der Waals surface area contributed by atoms with Crippen LogP contribution in [-0.4, -0.2) is 44.3 Å². The van der Waals surface area contributed by atoms with Crippen molar-refractivity contribution < 1.29 is 21.6 Å². The number of sulfonamides is 2. The summed E-state index contributed by atoms with van der Waals surface area (Å²) >= 11 is 0. The predicted octanol–water partition coefficient (Wildman–Crippen LogP) is 6.62. The number of benzene rings is 6. The van der Waals surface area contributed by atoms with E-state index in [1.54, 1.807) is 36.4 Å². The maximum atomic E-state index is 14.2. The third-order valence-corrected chi connectivity index (χ3v) is 12.1. The van der Waals surface area contributed by atoms with Gasteiger partial charge < -0.3 is 0 Å². The minimum atomic E-state index is -4.15. The van der Waals surface area contributed by atoms with Gasteiger partial charge in [-0.3, -0.25) is 4.79 Å². The Kier molecular flexibility index (Phi) is 7.78. The third kappa shape index (κ3) is 5.41. The van der Waals surface area contributed by atoms with Crippen LogP contribution in [0.1, 0.15) is 11.1 Å². The summed E-state index contributed by atoms with van der Waals surface area (Å²) in [5.41, 5.74) is 3.04. The molecule has 6 aromatic rings. The molecule has 230 valence electrons. The summed E-state index contributed by atoms with van der Waals surface area (Å²) in [5.74, 6) is -0.536. The Bertz CT molecular complexity index is 2160. The van der Waals surface area contributed by atoms with Crippen LogP contribution in [0, 0.1) is 0 Å². The third-order valence-electron chi connectivity index (χ3n) is 8.44. The molecule has 1 aliphatic rings. The molecule has 6 aromatic carbocycles. The molecule has 7 rings (SSSR count). The molecule has 0 fully saturated rings. The highest BCUT2D eigenvalue weighted by atomic mass is 32.2. The number of fused-ring (bicyclic) bond motifs is 7. The Morgan fingerprint density at radius 2 is 0.783 bits per heavy atom. The molecule has 0 unspecified atom stereocenters. The zero-order valence-electron chi connectivity index (χ0n) is 24.8.